The van der Waals surface area contributed by atoms with Crippen molar-refractivity contribution in [2.75, 3.05) is 6.54 Å². The number of nitrogens with one attached hydrogen (secondary N) is 1. The molecule has 1 aliphatic carbocycles. The van der Waals surface area contributed by atoms with E-state index in [9.17, 15) is 4.79 Å². The Morgan fingerprint density at radius 1 is 1.55 bits per heavy atom. The highest BCUT2D eigenvalue weighted by Gasteiger charge is 2.21. The van der Waals surface area contributed by atoms with Crippen LogP contribution < -0.4 is 5.32 Å². The van der Waals surface area contributed by atoms with Crippen LogP contribution in [-0.2, 0) is 4.79 Å². The largest absolute Gasteiger partial charge is 0.393 e. The first-order valence-corrected chi connectivity index (χ1v) is 4.18. The minimum Gasteiger partial charge on any atom is -0.393 e. The zero-order valence-electron chi connectivity index (χ0n) is 6.62. The van der Waals surface area contributed by atoms with Crippen LogP contribution in [0.3, 0.4) is 0 Å². The molecule has 1 fully saturated rings. The quantitative estimate of drug-likeness (QED) is 0.455. The van der Waals surface area contributed by atoms with Crippen LogP contribution in [0.1, 0.15) is 25.7 Å². The number of hydrogen-bond donors (Lipinski definition) is 2. The third-order valence-electron chi connectivity index (χ3n) is 2.29. The summed E-state index contributed by atoms with van der Waals surface area (Å²) in [5.41, 5.74) is 0. The lowest BCUT2D eigenvalue weighted by Gasteiger charge is -2.06. The molecule has 64 valence electrons. The standard InChI is InChI=1S/C8H15NO2/c10-6-9-4-3-7-1-2-8(11)5-7/h6-8,11H,1-5H2,(H,9,10). The molecule has 2 atom stereocenters. The van der Waals surface area contributed by atoms with E-state index in [4.69, 9.17) is 5.11 Å². The van der Waals surface area contributed by atoms with E-state index in [0.29, 0.717) is 5.92 Å². The fourth-order valence-electron chi connectivity index (χ4n) is 1.66. The van der Waals surface area contributed by atoms with E-state index >= 15 is 0 Å². The van der Waals surface area contributed by atoms with E-state index in [2.05, 4.69) is 5.32 Å². The van der Waals surface area contributed by atoms with Gasteiger partial charge in [-0.05, 0) is 31.6 Å². The molecule has 3 heteroatoms. The smallest absolute Gasteiger partial charge is 0.207 e. The lowest BCUT2D eigenvalue weighted by Crippen LogP contribution is -2.15. The number of amides is 1. The van der Waals surface area contributed by atoms with Crippen molar-refractivity contribution in [1.29, 1.82) is 0 Å². The summed E-state index contributed by atoms with van der Waals surface area (Å²) in [6.07, 6.45) is 4.62. The summed E-state index contributed by atoms with van der Waals surface area (Å²) >= 11 is 0. The first kappa shape index (κ1) is 8.53. The van der Waals surface area contributed by atoms with Crippen LogP contribution in [0.2, 0.25) is 0 Å². The molecule has 1 saturated carbocycles. The molecule has 0 aromatic carbocycles. The molecule has 2 unspecified atom stereocenters. The van der Waals surface area contributed by atoms with Gasteiger partial charge in [-0.15, -0.1) is 0 Å². The second kappa shape index (κ2) is 4.34. The number of rotatable bonds is 4. The average molecular weight is 157 g/mol. The Morgan fingerprint density at radius 2 is 2.36 bits per heavy atom. The number of carbonyl (C=O) groups excluding carboxylic acids is 1. The molecule has 2 N–H and O–H groups in total. The van der Waals surface area contributed by atoms with Crippen molar-refractivity contribution in [3.05, 3.63) is 0 Å². The molecule has 3 nitrogen and oxygen atoms in total. The lowest BCUT2D eigenvalue weighted by atomic mass is 10.0. The predicted molar refractivity (Wildman–Crippen MR) is 42.0 cm³/mol. The SMILES string of the molecule is O=CNCCC1CCC(O)C1. The van der Waals surface area contributed by atoms with Crippen LogP contribution in [0.15, 0.2) is 0 Å². The van der Waals surface area contributed by atoms with Gasteiger partial charge >= 0.3 is 0 Å². The molecule has 11 heavy (non-hydrogen) atoms. The minimum absolute atomic E-state index is 0.0868. The van der Waals surface area contributed by atoms with Gasteiger partial charge in [-0.2, -0.15) is 0 Å². The van der Waals surface area contributed by atoms with Crippen LogP contribution >= 0.6 is 0 Å². The minimum atomic E-state index is -0.0868. The lowest BCUT2D eigenvalue weighted by molar-refractivity contribution is -0.109. The highest BCUT2D eigenvalue weighted by molar-refractivity contribution is 5.45. The van der Waals surface area contributed by atoms with Gasteiger partial charge in [0.1, 0.15) is 0 Å². The predicted octanol–water partition coefficient (Wildman–Crippen LogP) is 0.283. The van der Waals surface area contributed by atoms with Crippen LogP contribution in [-0.4, -0.2) is 24.2 Å². The van der Waals surface area contributed by atoms with Gasteiger partial charge in [0.05, 0.1) is 6.10 Å². The maximum Gasteiger partial charge on any atom is 0.207 e. The molecule has 0 aromatic heterocycles. The van der Waals surface area contributed by atoms with E-state index in [0.717, 1.165) is 38.6 Å². The van der Waals surface area contributed by atoms with Crippen molar-refractivity contribution in [2.45, 2.75) is 31.8 Å². The normalized spacial score (nSPS) is 30.3. The van der Waals surface area contributed by atoms with Gasteiger partial charge in [0.2, 0.25) is 6.41 Å². The first-order chi connectivity index (χ1) is 5.33. The third kappa shape index (κ3) is 2.89. The van der Waals surface area contributed by atoms with E-state index in [1.807, 2.05) is 0 Å². The number of aliphatic hydroxyl groups excluding tert-OH is 1. The third-order valence-corrected chi connectivity index (χ3v) is 2.29. The average Bonchev–Trinajstić information content (AvgIpc) is 2.37. The second-order valence-electron chi connectivity index (χ2n) is 3.19. The zero-order valence-corrected chi connectivity index (χ0v) is 6.62. The van der Waals surface area contributed by atoms with Crippen molar-refractivity contribution >= 4 is 6.41 Å². The fraction of sp³-hybridized carbons (Fsp3) is 0.875. The molecule has 0 radical (unpaired) electrons. The molecule has 1 rings (SSSR count). The van der Waals surface area contributed by atoms with Crippen LogP contribution in [0.4, 0.5) is 0 Å². The number of hydrogen-bond acceptors (Lipinski definition) is 2. The van der Waals surface area contributed by atoms with Gasteiger partial charge in [-0.1, -0.05) is 0 Å². The Kier molecular flexibility index (Phi) is 3.36. The molecule has 0 bridgehead atoms. The van der Waals surface area contributed by atoms with Crippen LogP contribution in [0.25, 0.3) is 0 Å². The molecule has 0 aromatic rings. The number of aliphatic hydroxyl groups is 1. The summed E-state index contributed by atoms with van der Waals surface area (Å²) in [5.74, 6) is 0.623. The van der Waals surface area contributed by atoms with Crippen molar-refractivity contribution < 1.29 is 9.90 Å². The van der Waals surface area contributed by atoms with Crippen LogP contribution in [0, 0.1) is 5.92 Å². The maximum atomic E-state index is 9.88. The molecular weight excluding hydrogens is 142 g/mol. The summed E-state index contributed by atoms with van der Waals surface area (Å²) in [6.45, 7) is 0.751. The van der Waals surface area contributed by atoms with Gasteiger partial charge in [-0.3, -0.25) is 4.79 Å². The van der Waals surface area contributed by atoms with Crippen molar-refractivity contribution in [1.82, 2.24) is 5.32 Å². The monoisotopic (exact) mass is 157 g/mol. The summed E-state index contributed by atoms with van der Waals surface area (Å²) in [6, 6.07) is 0. The second-order valence-corrected chi connectivity index (χ2v) is 3.19. The van der Waals surface area contributed by atoms with Gasteiger partial charge in [0, 0.05) is 6.54 Å². The molecular formula is C8H15NO2. The highest BCUT2D eigenvalue weighted by atomic mass is 16.3. The van der Waals surface area contributed by atoms with Gasteiger partial charge in [0.25, 0.3) is 0 Å². The summed E-state index contributed by atoms with van der Waals surface area (Å²) < 4.78 is 0. The Balaban J connectivity index is 2.03. The Bertz CT molecular complexity index is 127. The Hall–Kier alpha value is -0.570. The fourth-order valence-corrected chi connectivity index (χ4v) is 1.66. The maximum absolute atomic E-state index is 9.88. The molecule has 1 amide bonds. The van der Waals surface area contributed by atoms with E-state index < -0.39 is 0 Å². The van der Waals surface area contributed by atoms with E-state index in [1.165, 1.54) is 0 Å². The van der Waals surface area contributed by atoms with E-state index in [1.54, 1.807) is 0 Å². The topological polar surface area (TPSA) is 49.3 Å². The summed E-state index contributed by atoms with van der Waals surface area (Å²) in [4.78, 5) is 9.88. The number of carbonyl (C=O) groups is 1. The highest BCUT2D eigenvalue weighted by Crippen LogP contribution is 2.27. The molecule has 1 aliphatic rings. The van der Waals surface area contributed by atoms with Gasteiger partial charge < -0.3 is 10.4 Å². The van der Waals surface area contributed by atoms with Crippen LogP contribution in [0.5, 0.6) is 0 Å². The summed E-state index contributed by atoms with van der Waals surface area (Å²) in [5, 5.41) is 11.8. The van der Waals surface area contributed by atoms with E-state index in [-0.39, 0.29) is 6.10 Å². The Morgan fingerprint density at radius 3 is 2.91 bits per heavy atom. The Labute approximate surface area is 66.8 Å². The summed E-state index contributed by atoms with van der Waals surface area (Å²) in [7, 11) is 0. The van der Waals surface area contributed by atoms with Gasteiger partial charge in [0.15, 0.2) is 0 Å². The molecule has 0 heterocycles. The molecule has 0 aliphatic heterocycles. The van der Waals surface area contributed by atoms with Gasteiger partial charge in [-0.25, -0.2) is 0 Å². The zero-order chi connectivity index (χ0) is 8.10. The molecule has 0 saturated heterocycles. The van der Waals surface area contributed by atoms with Crippen molar-refractivity contribution in [3.8, 4) is 0 Å². The van der Waals surface area contributed by atoms with Crippen molar-refractivity contribution in [3.63, 3.8) is 0 Å². The van der Waals surface area contributed by atoms with Crippen molar-refractivity contribution in [2.24, 2.45) is 5.92 Å². The molecule has 0 spiro atoms. The first-order valence-electron chi connectivity index (χ1n) is 4.18.